The maximum atomic E-state index is 11.2. The third kappa shape index (κ3) is 2.21. The largest absolute Gasteiger partial charge is 0.363 e. The monoisotopic (exact) mass is 272 g/mol. The summed E-state index contributed by atoms with van der Waals surface area (Å²) in [6.07, 6.45) is 2.38. The van der Waals surface area contributed by atoms with Crippen molar-refractivity contribution in [3.8, 4) is 6.07 Å². The summed E-state index contributed by atoms with van der Waals surface area (Å²) in [5, 5.41) is 20.1. The van der Waals surface area contributed by atoms with E-state index >= 15 is 0 Å². The van der Waals surface area contributed by atoms with Crippen molar-refractivity contribution in [1.29, 1.82) is 5.26 Å². The van der Waals surface area contributed by atoms with Gasteiger partial charge in [0.1, 0.15) is 5.69 Å². The first kappa shape index (κ1) is 12.9. The first-order valence-corrected chi connectivity index (χ1v) is 6.86. The lowest BCUT2D eigenvalue weighted by Crippen LogP contribution is -2.50. The van der Waals surface area contributed by atoms with Crippen molar-refractivity contribution < 1.29 is 4.92 Å². The molecule has 104 valence electrons. The molecule has 0 aliphatic carbocycles. The van der Waals surface area contributed by atoms with E-state index < -0.39 is 4.92 Å². The van der Waals surface area contributed by atoms with Crippen molar-refractivity contribution in [1.82, 2.24) is 4.90 Å². The van der Waals surface area contributed by atoms with Gasteiger partial charge < -0.3 is 4.90 Å². The Morgan fingerprint density at radius 3 is 2.95 bits per heavy atom. The molecule has 1 atom stereocenters. The second-order valence-electron chi connectivity index (χ2n) is 5.35. The van der Waals surface area contributed by atoms with Gasteiger partial charge in [-0.2, -0.15) is 5.26 Å². The molecule has 6 heteroatoms. The number of anilines is 1. The van der Waals surface area contributed by atoms with Crippen molar-refractivity contribution >= 4 is 11.4 Å². The number of hydrogen-bond donors (Lipinski definition) is 0. The van der Waals surface area contributed by atoms with Gasteiger partial charge in [-0.15, -0.1) is 0 Å². The number of nitrogens with zero attached hydrogens (tertiary/aromatic N) is 4. The summed E-state index contributed by atoms with van der Waals surface area (Å²) in [7, 11) is 0. The van der Waals surface area contributed by atoms with Gasteiger partial charge in [-0.25, -0.2) is 0 Å². The van der Waals surface area contributed by atoms with Crippen LogP contribution in [0.2, 0.25) is 0 Å². The average Bonchev–Trinajstić information content (AvgIpc) is 2.93. The van der Waals surface area contributed by atoms with Crippen LogP contribution in [0.5, 0.6) is 0 Å². The molecule has 2 saturated heterocycles. The number of nitriles is 1. The molecule has 3 rings (SSSR count). The molecule has 2 aliphatic heterocycles. The highest BCUT2D eigenvalue weighted by molar-refractivity contribution is 5.66. The Labute approximate surface area is 117 Å². The molecule has 2 fully saturated rings. The van der Waals surface area contributed by atoms with Gasteiger partial charge >= 0.3 is 0 Å². The molecule has 0 amide bonds. The zero-order valence-electron chi connectivity index (χ0n) is 11.2. The van der Waals surface area contributed by atoms with Crippen molar-refractivity contribution in [2.45, 2.75) is 18.9 Å². The van der Waals surface area contributed by atoms with E-state index in [0.29, 0.717) is 17.3 Å². The third-order valence-corrected chi connectivity index (χ3v) is 4.23. The van der Waals surface area contributed by atoms with Gasteiger partial charge in [0.05, 0.1) is 16.6 Å². The van der Waals surface area contributed by atoms with E-state index in [1.807, 2.05) is 6.07 Å². The van der Waals surface area contributed by atoms with Crippen molar-refractivity contribution in [3.05, 3.63) is 33.9 Å². The van der Waals surface area contributed by atoms with Crippen LogP contribution in [0.1, 0.15) is 18.4 Å². The molecule has 0 saturated carbocycles. The molecule has 2 heterocycles. The lowest BCUT2D eigenvalue weighted by molar-refractivity contribution is -0.384. The quantitative estimate of drug-likeness (QED) is 0.605. The molecule has 0 spiro atoms. The number of nitro groups is 1. The molecule has 0 radical (unpaired) electrons. The molecule has 2 aliphatic rings. The Hall–Kier alpha value is -2.13. The predicted molar refractivity (Wildman–Crippen MR) is 74.6 cm³/mol. The molecule has 6 nitrogen and oxygen atoms in total. The Morgan fingerprint density at radius 2 is 2.20 bits per heavy atom. The van der Waals surface area contributed by atoms with Crippen LogP contribution in [0.4, 0.5) is 11.4 Å². The number of hydrogen-bond acceptors (Lipinski definition) is 5. The number of rotatable bonds is 2. The molecular formula is C14H16N4O2. The maximum Gasteiger partial charge on any atom is 0.293 e. The van der Waals surface area contributed by atoms with Gasteiger partial charge in [0.2, 0.25) is 0 Å². The second-order valence-corrected chi connectivity index (χ2v) is 5.35. The number of fused-ring (bicyclic) bond motifs is 1. The second kappa shape index (κ2) is 5.10. The molecule has 1 aromatic rings. The maximum absolute atomic E-state index is 11.2. The van der Waals surface area contributed by atoms with Gasteiger partial charge in [-0.1, -0.05) is 0 Å². The molecular weight excluding hydrogens is 256 g/mol. The fraction of sp³-hybridized carbons (Fsp3) is 0.500. The highest BCUT2D eigenvalue weighted by Gasteiger charge is 2.32. The van der Waals surface area contributed by atoms with Gasteiger partial charge in [0, 0.05) is 31.7 Å². The fourth-order valence-electron chi connectivity index (χ4n) is 3.22. The molecule has 0 N–H and O–H groups in total. The summed E-state index contributed by atoms with van der Waals surface area (Å²) in [4.78, 5) is 15.4. The van der Waals surface area contributed by atoms with E-state index in [9.17, 15) is 10.1 Å². The summed E-state index contributed by atoms with van der Waals surface area (Å²) in [5.74, 6) is 0. The van der Waals surface area contributed by atoms with Crippen LogP contribution in [0.3, 0.4) is 0 Å². The highest BCUT2D eigenvalue weighted by atomic mass is 16.6. The average molecular weight is 272 g/mol. The van der Waals surface area contributed by atoms with Crippen LogP contribution in [-0.4, -0.2) is 42.0 Å². The van der Waals surface area contributed by atoms with Crippen LogP contribution in [0.25, 0.3) is 0 Å². The van der Waals surface area contributed by atoms with Crippen molar-refractivity contribution in [2.24, 2.45) is 0 Å². The minimum absolute atomic E-state index is 0.0375. The predicted octanol–water partition coefficient (Wildman–Crippen LogP) is 1.75. The molecule has 20 heavy (non-hydrogen) atoms. The zero-order valence-corrected chi connectivity index (χ0v) is 11.2. The van der Waals surface area contributed by atoms with E-state index in [1.165, 1.54) is 18.9 Å². The Kier molecular flexibility index (Phi) is 3.28. The SMILES string of the molecule is N#Cc1ccc(N2CCN3CCCC3C2)c([N+](=O)[O-])c1. The molecule has 0 bridgehead atoms. The summed E-state index contributed by atoms with van der Waals surface area (Å²) in [5.41, 5.74) is 1.01. The van der Waals surface area contributed by atoms with Gasteiger partial charge in [0.25, 0.3) is 5.69 Å². The Bertz CT molecular complexity index is 581. The summed E-state index contributed by atoms with van der Waals surface area (Å²) >= 11 is 0. The van der Waals surface area contributed by atoms with Crippen molar-refractivity contribution in [3.63, 3.8) is 0 Å². The van der Waals surface area contributed by atoms with Crippen molar-refractivity contribution in [2.75, 3.05) is 31.1 Å². The van der Waals surface area contributed by atoms with Crippen LogP contribution in [-0.2, 0) is 0 Å². The van der Waals surface area contributed by atoms with Crippen LogP contribution in [0, 0.1) is 21.4 Å². The Balaban J connectivity index is 1.90. The molecule has 0 aromatic heterocycles. The minimum atomic E-state index is -0.392. The number of nitro benzene ring substituents is 1. The third-order valence-electron chi connectivity index (χ3n) is 4.23. The first-order valence-electron chi connectivity index (χ1n) is 6.86. The van der Waals surface area contributed by atoms with E-state index in [2.05, 4.69) is 9.80 Å². The van der Waals surface area contributed by atoms with Crippen LogP contribution >= 0.6 is 0 Å². The Morgan fingerprint density at radius 1 is 1.35 bits per heavy atom. The number of benzene rings is 1. The smallest absolute Gasteiger partial charge is 0.293 e. The van der Waals surface area contributed by atoms with Crippen LogP contribution < -0.4 is 4.90 Å². The van der Waals surface area contributed by atoms with E-state index in [4.69, 9.17) is 5.26 Å². The zero-order chi connectivity index (χ0) is 14.1. The summed E-state index contributed by atoms with van der Waals surface area (Å²) < 4.78 is 0. The van der Waals surface area contributed by atoms with E-state index in [0.717, 1.165) is 26.2 Å². The number of piperazine rings is 1. The fourth-order valence-corrected chi connectivity index (χ4v) is 3.22. The normalized spacial score (nSPS) is 22.4. The molecule has 1 unspecified atom stereocenters. The molecule has 1 aromatic carbocycles. The summed E-state index contributed by atoms with van der Waals surface area (Å²) in [6.45, 7) is 3.76. The summed E-state index contributed by atoms with van der Waals surface area (Å²) in [6, 6.07) is 7.21. The van der Waals surface area contributed by atoms with Gasteiger partial charge in [-0.05, 0) is 31.5 Å². The van der Waals surface area contributed by atoms with E-state index in [-0.39, 0.29) is 5.69 Å². The lowest BCUT2D eigenvalue weighted by Gasteiger charge is -2.38. The van der Waals surface area contributed by atoms with Gasteiger partial charge in [0.15, 0.2) is 0 Å². The topological polar surface area (TPSA) is 73.4 Å². The van der Waals surface area contributed by atoms with Gasteiger partial charge in [-0.3, -0.25) is 15.0 Å². The first-order chi connectivity index (χ1) is 9.69. The lowest BCUT2D eigenvalue weighted by atomic mass is 10.1. The standard InChI is InChI=1S/C14H16N4O2/c15-9-11-3-4-13(14(8-11)18(19)20)17-7-6-16-5-1-2-12(16)10-17/h3-4,8,12H,1-2,5-7,10H2. The van der Waals surface area contributed by atoms with Crippen LogP contribution in [0.15, 0.2) is 18.2 Å². The highest BCUT2D eigenvalue weighted by Crippen LogP contribution is 2.32. The van der Waals surface area contributed by atoms with E-state index in [1.54, 1.807) is 12.1 Å². The minimum Gasteiger partial charge on any atom is -0.363 e.